The van der Waals surface area contributed by atoms with E-state index in [1.54, 1.807) is 0 Å². The van der Waals surface area contributed by atoms with Crippen LogP contribution < -0.4 is 0 Å². The highest BCUT2D eigenvalue weighted by Crippen LogP contribution is 2.43. The molecule has 10 nitrogen and oxygen atoms in total. The van der Waals surface area contributed by atoms with Crippen LogP contribution in [0.2, 0.25) is 0 Å². The molecule has 0 radical (unpaired) electrons. The van der Waals surface area contributed by atoms with Crippen molar-refractivity contribution < 1.29 is 47.8 Å². The van der Waals surface area contributed by atoms with Crippen LogP contribution in [0, 0.1) is 0 Å². The average Bonchev–Trinajstić information content (AvgIpc) is 3.17. The Labute approximate surface area is 332 Å². The highest BCUT2D eigenvalue weighted by Gasteiger charge is 2.27. The first-order chi connectivity index (χ1) is 26.8. The first-order valence-corrected chi connectivity index (χ1v) is 22.0. The lowest BCUT2D eigenvalue weighted by molar-refractivity contribution is -0.153. The molecule has 55 heavy (non-hydrogen) atoms. The van der Waals surface area contributed by atoms with Gasteiger partial charge in [-0.05, 0) is 83.5 Å². The minimum absolute atomic E-state index is 0.151. The second kappa shape index (κ2) is 39.4. The largest absolute Gasteiger partial charge is 0.472 e. The van der Waals surface area contributed by atoms with Crippen LogP contribution in [0.15, 0.2) is 85.1 Å². The summed E-state index contributed by atoms with van der Waals surface area (Å²) in [6.07, 6.45) is 45.6. The summed E-state index contributed by atoms with van der Waals surface area (Å²) < 4.78 is 32.5. The molecule has 3 N–H and O–H groups in total. The Balaban J connectivity index is 4.01. The number of hydrogen-bond donors (Lipinski definition) is 3. The van der Waals surface area contributed by atoms with E-state index < -0.39 is 58.4 Å². The van der Waals surface area contributed by atoms with E-state index in [9.17, 15) is 29.3 Å². The number of hydrogen-bond acceptors (Lipinski definition) is 9. The van der Waals surface area contributed by atoms with Gasteiger partial charge in [-0.2, -0.15) is 0 Å². The van der Waals surface area contributed by atoms with Gasteiger partial charge >= 0.3 is 19.8 Å². The Morgan fingerprint density at radius 3 is 1.16 bits per heavy atom. The fourth-order valence-electron chi connectivity index (χ4n) is 5.00. The highest BCUT2D eigenvalue weighted by molar-refractivity contribution is 7.47. The van der Waals surface area contributed by atoms with Gasteiger partial charge in [0.25, 0.3) is 0 Å². The number of phosphoric acid groups is 1. The third kappa shape index (κ3) is 37.8. The number of carbonyl (C=O) groups excluding carboxylic acids is 2. The second-order valence-corrected chi connectivity index (χ2v) is 14.7. The maximum Gasteiger partial charge on any atom is 0.472 e. The molecule has 0 aromatic heterocycles. The molecule has 0 aromatic rings. The molecule has 0 aliphatic carbocycles. The van der Waals surface area contributed by atoms with Crippen LogP contribution in [-0.2, 0) is 32.7 Å². The van der Waals surface area contributed by atoms with Crippen molar-refractivity contribution in [1.82, 2.24) is 0 Å². The fourth-order valence-corrected chi connectivity index (χ4v) is 5.78. The van der Waals surface area contributed by atoms with Gasteiger partial charge in [0.1, 0.15) is 12.2 Å². The zero-order chi connectivity index (χ0) is 40.5. The number of rotatable bonds is 37. The van der Waals surface area contributed by atoms with E-state index in [2.05, 4.69) is 98.9 Å². The first-order valence-electron chi connectivity index (χ1n) is 20.5. The summed E-state index contributed by atoms with van der Waals surface area (Å²) in [6, 6.07) is 0. The highest BCUT2D eigenvalue weighted by atomic mass is 31.2. The molecule has 0 saturated carbocycles. The number of ether oxygens (including phenoxy) is 2. The average molecular weight is 793 g/mol. The molecule has 3 atom stereocenters. The third-order valence-corrected chi connectivity index (χ3v) is 9.05. The Morgan fingerprint density at radius 2 is 0.800 bits per heavy atom. The van der Waals surface area contributed by atoms with E-state index in [4.69, 9.17) is 18.5 Å². The van der Waals surface area contributed by atoms with Gasteiger partial charge in [-0.3, -0.25) is 18.6 Å². The zero-order valence-corrected chi connectivity index (χ0v) is 34.7. The lowest BCUT2D eigenvalue weighted by Crippen LogP contribution is -2.28. The van der Waals surface area contributed by atoms with Gasteiger partial charge in [0.05, 0.1) is 26.4 Å². The molecule has 0 rings (SSSR count). The van der Waals surface area contributed by atoms with Crippen molar-refractivity contribution in [2.45, 2.75) is 154 Å². The number of esters is 2. The predicted octanol–water partition coefficient (Wildman–Crippen LogP) is 10.7. The number of aliphatic hydroxyl groups is 2. The maximum absolute atomic E-state index is 12.3. The Bertz CT molecular complexity index is 1190. The molecular formula is C44H73O10P. The predicted molar refractivity (Wildman–Crippen MR) is 223 cm³/mol. The van der Waals surface area contributed by atoms with E-state index in [0.29, 0.717) is 12.8 Å². The third-order valence-electron chi connectivity index (χ3n) is 8.10. The second-order valence-electron chi connectivity index (χ2n) is 13.2. The molecule has 0 aliphatic heterocycles. The summed E-state index contributed by atoms with van der Waals surface area (Å²) >= 11 is 0. The van der Waals surface area contributed by atoms with Gasteiger partial charge in [0.15, 0.2) is 0 Å². The Kier molecular flexibility index (Phi) is 37.3. The van der Waals surface area contributed by atoms with Crippen LogP contribution >= 0.6 is 7.82 Å². The Morgan fingerprint density at radius 1 is 0.491 bits per heavy atom. The summed E-state index contributed by atoms with van der Waals surface area (Å²) in [5.74, 6) is -1.07. The van der Waals surface area contributed by atoms with Gasteiger partial charge in [0, 0.05) is 12.8 Å². The molecule has 0 aromatic carbocycles. The fraction of sp³-hybridized carbons (Fsp3) is 0.636. The normalized spacial score (nSPS) is 14.8. The molecular weight excluding hydrogens is 719 g/mol. The van der Waals surface area contributed by atoms with E-state index in [1.165, 1.54) is 0 Å². The topological polar surface area (TPSA) is 149 Å². The summed E-state index contributed by atoms with van der Waals surface area (Å²) in [4.78, 5) is 34.4. The van der Waals surface area contributed by atoms with Crippen molar-refractivity contribution in [3.05, 3.63) is 85.1 Å². The molecule has 0 spiro atoms. The summed E-state index contributed by atoms with van der Waals surface area (Å²) in [6.45, 7) is 1.90. The SMILES string of the molecule is CC/C=C\C/C=C\C/C=C\C/C=C\CCCCCCCCC(=O)OC(CO)COP(=O)(O)OCC(CO)OC(=O)CCCCC/C=C\C/C=C\C/C=C\CC. The van der Waals surface area contributed by atoms with Crippen molar-refractivity contribution in [1.29, 1.82) is 0 Å². The van der Waals surface area contributed by atoms with E-state index in [-0.39, 0.29) is 12.8 Å². The molecule has 0 fully saturated rings. The van der Waals surface area contributed by atoms with Crippen LogP contribution in [0.25, 0.3) is 0 Å². The number of unbranched alkanes of at least 4 members (excludes halogenated alkanes) is 9. The van der Waals surface area contributed by atoms with E-state index >= 15 is 0 Å². The zero-order valence-electron chi connectivity index (χ0n) is 33.9. The van der Waals surface area contributed by atoms with Crippen molar-refractivity contribution in [2.24, 2.45) is 0 Å². The molecule has 0 heterocycles. The molecule has 0 amide bonds. The first kappa shape index (κ1) is 52.2. The van der Waals surface area contributed by atoms with Crippen molar-refractivity contribution >= 4 is 19.8 Å². The number of carbonyl (C=O) groups is 2. The van der Waals surface area contributed by atoms with Gasteiger partial charge < -0.3 is 24.6 Å². The van der Waals surface area contributed by atoms with E-state index in [0.717, 1.165) is 103 Å². The van der Waals surface area contributed by atoms with Crippen LogP contribution in [0.1, 0.15) is 142 Å². The Hall–Kier alpha value is -2.85. The van der Waals surface area contributed by atoms with Gasteiger partial charge in [-0.15, -0.1) is 0 Å². The number of phosphoric ester groups is 1. The van der Waals surface area contributed by atoms with Crippen LogP contribution in [0.5, 0.6) is 0 Å². The van der Waals surface area contributed by atoms with Crippen molar-refractivity contribution in [2.75, 3.05) is 26.4 Å². The van der Waals surface area contributed by atoms with Gasteiger partial charge in [0.2, 0.25) is 0 Å². The summed E-state index contributed by atoms with van der Waals surface area (Å²) in [7, 11) is -4.65. The molecule has 0 bridgehead atoms. The van der Waals surface area contributed by atoms with Crippen LogP contribution in [-0.4, -0.2) is 65.7 Å². The van der Waals surface area contributed by atoms with Crippen LogP contribution in [0.3, 0.4) is 0 Å². The quantitative estimate of drug-likeness (QED) is 0.0240. The monoisotopic (exact) mass is 792 g/mol. The number of allylic oxidation sites excluding steroid dienone is 14. The summed E-state index contributed by atoms with van der Waals surface area (Å²) in [5.41, 5.74) is 0. The number of aliphatic hydroxyl groups excluding tert-OH is 2. The lowest BCUT2D eigenvalue weighted by Gasteiger charge is -2.20. The van der Waals surface area contributed by atoms with Crippen molar-refractivity contribution in [3.8, 4) is 0 Å². The summed E-state index contributed by atoms with van der Waals surface area (Å²) in [5, 5.41) is 19.1. The molecule has 0 aliphatic rings. The minimum atomic E-state index is -4.65. The lowest BCUT2D eigenvalue weighted by atomic mass is 10.1. The maximum atomic E-state index is 12.3. The van der Waals surface area contributed by atoms with E-state index in [1.807, 2.05) is 0 Å². The van der Waals surface area contributed by atoms with Gasteiger partial charge in [-0.1, -0.05) is 131 Å². The minimum Gasteiger partial charge on any atom is -0.457 e. The van der Waals surface area contributed by atoms with Crippen molar-refractivity contribution in [3.63, 3.8) is 0 Å². The van der Waals surface area contributed by atoms with Gasteiger partial charge in [-0.25, -0.2) is 4.57 Å². The standard InChI is InChI=1S/C44H73O10P/c1-3-5-7-9-11-13-15-17-18-19-20-21-22-24-26-28-30-32-34-36-44(48)54-42(38-46)40-52-55(49,50)51-39-41(37-45)53-43(47)35-33-31-29-27-25-23-16-14-12-10-8-6-4-2/h5-8,11-14,17-18,20-21,23,25,41-42,45-46H,3-4,9-10,15-16,19,22,24,26-40H2,1-2H3,(H,49,50)/b7-5-,8-6-,13-11-,14-12-,18-17-,21-20-,25-23-. The van der Waals surface area contributed by atoms with Crippen LogP contribution in [0.4, 0.5) is 0 Å². The molecule has 0 saturated heterocycles. The molecule has 314 valence electrons. The smallest absolute Gasteiger partial charge is 0.457 e. The molecule has 11 heteroatoms. The molecule has 3 unspecified atom stereocenters.